The van der Waals surface area contributed by atoms with Crippen LogP contribution in [0, 0.1) is 52.3 Å². The third kappa shape index (κ3) is 20.7. The van der Waals surface area contributed by atoms with Gasteiger partial charge in [-0.25, -0.2) is 4.18 Å². The molecule has 7 rings (SSSR count). The van der Waals surface area contributed by atoms with Gasteiger partial charge in [-0.3, -0.25) is 33.3 Å². The van der Waals surface area contributed by atoms with Crippen LogP contribution >= 0.6 is 0 Å². The fourth-order valence-corrected chi connectivity index (χ4v) is 18.3. The number of carbonyl (C=O) groups is 6. The van der Waals surface area contributed by atoms with Crippen molar-refractivity contribution in [2.75, 3.05) is 27.8 Å². The van der Waals surface area contributed by atoms with Crippen LogP contribution in [0.2, 0.25) is 0 Å². The highest BCUT2D eigenvalue weighted by Crippen LogP contribution is 2.68. The Morgan fingerprint density at radius 2 is 1.36 bits per heavy atom. The van der Waals surface area contributed by atoms with Crippen LogP contribution in [0.5, 0.6) is 0 Å². The van der Waals surface area contributed by atoms with Gasteiger partial charge in [0.1, 0.15) is 23.6 Å². The van der Waals surface area contributed by atoms with Crippen molar-refractivity contribution in [3.8, 4) is 0 Å². The van der Waals surface area contributed by atoms with Crippen molar-refractivity contribution < 1.29 is 104 Å². The molecule has 100 heavy (non-hydrogen) atoms. The molecule has 24 heteroatoms. The summed E-state index contributed by atoms with van der Waals surface area (Å²) in [6.07, 6.45) is 11.4. The van der Waals surface area contributed by atoms with Gasteiger partial charge in [-0.2, -0.15) is 8.42 Å². The van der Waals surface area contributed by atoms with Gasteiger partial charge in [-0.05, 0) is 162 Å². The van der Waals surface area contributed by atoms with Crippen molar-refractivity contribution in [2.45, 2.75) is 342 Å². The van der Waals surface area contributed by atoms with E-state index in [9.17, 15) is 57.6 Å². The molecule has 5 fully saturated rings. The zero-order valence-electron chi connectivity index (χ0n) is 64.1. The van der Waals surface area contributed by atoms with Crippen LogP contribution < -0.4 is 0 Å². The Kier molecular flexibility index (Phi) is 31.8. The number of likely N-dealkylation sites (N-methyl/N-ethyl adjacent to an activating group) is 1. The molecular formula is C76H129NO22S. The molecule has 0 bridgehead atoms. The number of rotatable bonds is 23. The highest BCUT2D eigenvalue weighted by molar-refractivity contribution is 7.80. The van der Waals surface area contributed by atoms with Crippen LogP contribution in [0.25, 0.3) is 0 Å². The van der Waals surface area contributed by atoms with E-state index >= 15 is 0 Å². The van der Waals surface area contributed by atoms with E-state index in [1.54, 1.807) is 55.4 Å². The lowest BCUT2D eigenvalue weighted by Gasteiger charge is -2.58. The molecule has 0 amide bonds. The first-order valence-electron chi connectivity index (χ1n) is 37.3. The summed E-state index contributed by atoms with van der Waals surface area (Å²) in [7, 11) is 0.973. The van der Waals surface area contributed by atoms with Crippen LogP contribution in [0.3, 0.4) is 0 Å². The molecule has 576 valence electrons. The number of carbonyl (C=O) groups excluding carboxylic acids is 6. The van der Waals surface area contributed by atoms with Crippen LogP contribution in [0.1, 0.15) is 253 Å². The van der Waals surface area contributed by atoms with Crippen LogP contribution in [0.15, 0.2) is 23.3 Å². The average molecular weight is 1440 g/mol. The minimum atomic E-state index is -4.23. The van der Waals surface area contributed by atoms with Crippen molar-refractivity contribution in [3.63, 3.8) is 0 Å². The van der Waals surface area contributed by atoms with Gasteiger partial charge in [0.05, 0.1) is 60.3 Å². The normalized spacial score (nSPS) is 40.3. The first-order chi connectivity index (χ1) is 46.5. The van der Waals surface area contributed by atoms with E-state index in [2.05, 4.69) is 38.0 Å². The molecule has 5 N–H and O–H groups in total. The van der Waals surface area contributed by atoms with E-state index in [-0.39, 0.29) is 72.8 Å². The summed E-state index contributed by atoms with van der Waals surface area (Å²) in [5, 5.41) is 46.6. The summed E-state index contributed by atoms with van der Waals surface area (Å²) >= 11 is 0. The van der Waals surface area contributed by atoms with Gasteiger partial charge in [-0.15, -0.1) is 0 Å². The standard InChI is InChI=1S/C40H71NO14.C24H32O4.C12H26O4S/c1-15-27-40(11,48)33(44)22(5)30(43)20(3)18-38(9,47)35(55-37-32(53-28(42)16-2)26(41(12)13)17-21(4)50-37)23(6)31(24(7)36(46)52-27)54-29-19-39(10,49-14)34(45)25(8)51-29;1-14-12-18-19(22(4)9-6-17(27)13-21(14)22)7-10-23(5)20(18)8-11-24(23,15(2)25)28-16(3)26;1-2-3-4-5-6-7-8-9-10-11-12-16-17(13,14)15/h20-27,29,31-35,37,44-45,47-48H,15-19H2,1-14H3;12-13,18-20H,6-11H2,1-5H3;2-12H2,1H3,(H,13,14,15). The number of hydrogen-bond acceptors (Lipinski definition) is 22. The maximum absolute atomic E-state index is 14.2. The molecule has 24 atom stereocenters. The second-order valence-corrected chi connectivity index (χ2v) is 32.9. The summed E-state index contributed by atoms with van der Waals surface area (Å²) < 4.78 is 82.4. The van der Waals surface area contributed by atoms with Crippen molar-refractivity contribution in [1.82, 2.24) is 4.90 Å². The van der Waals surface area contributed by atoms with Crippen molar-refractivity contribution >= 4 is 45.7 Å². The third-order valence-electron chi connectivity index (χ3n) is 23.9. The number of aliphatic hydroxyl groups is 4. The van der Waals surface area contributed by atoms with Crippen molar-refractivity contribution in [3.05, 3.63) is 23.3 Å². The number of hydrogen-bond donors (Lipinski definition) is 5. The van der Waals surface area contributed by atoms with Gasteiger partial charge in [-0.1, -0.05) is 125 Å². The molecule has 2 saturated carbocycles. The number of unbranched alkanes of at least 4 members (excludes halogenated alkanes) is 9. The number of ether oxygens (including phenoxy) is 8. The first-order valence-corrected chi connectivity index (χ1v) is 38.7. The van der Waals surface area contributed by atoms with Gasteiger partial charge in [0.15, 0.2) is 35.9 Å². The summed E-state index contributed by atoms with van der Waals surface area (Å²) in [4.78, 5) is 79.6. The summed E-state index contributed by atoms with van der Waals surface area (Å²) in [5.74, 6) is -4.56. The zero-order chi connectivity index (χ0) is 75.4. The van der Waals surface area contributed by atoms with Crippen LogP contribution in [0.4, 0.5) is 0 Å². The van der Waals surface area contributed by atoms with E-state index in [1.807, 2.05) is 32.0 Å². The fourth-order valence-electron chi connectivity index (χ4n) is 18.0. The van der Waals surface area contributed by atoms with Gasteiger partial charge >= 0.3 is 28.3 Å². The van der Waals surface area contributed by atoms with E-state index < -0.39 is 130 Å². The Hall–Kier alpha value is -3.63. The number of nitrogens with zero attached hydrogens (tertiary/aromatic N) is 1. The molecule has 0 radical (unpaired) electrons. The second kappa shape index (κ2) is 36.6. The number of esters is 3. The molecule has 3 heterocycles. The predicted octanol–water partition coefficient (Wildman–Crippen LogP) is 11.0. The predicted molar refractivity (Wildman–Crippen MR) is 376 cm³/mol. The fraction of sp³-hybridized carbons (Fsp3) is 0.868. The van der Waals surface area contributed by atoms with Crippen molar-refractivity contribution in [2.24, 2.45) is 52.3 Å². The Morgan fingerprint density at radius 1 is 0.760 bits per heavy atom. The average Bonchev–Trinajstić information content (AvgIpc) is 1.46. The molecule has 0 aromatic carbocycles. The lowest BCUT2D eigenvalue weighted by Crippen LogP contribution is -2.61. The molecular weight excluding hydrogens is 1310 g/mol. The van der Waals surface area contributed by atoms with Crippen molar-refractivity contribution in [1.29, 1.82) is 0 Å². The summed E-state index contributed by atoms with van der Waals surface area (Å²) in [6.45, 7) is 29.9. The topological polar surface area (TPSA) is 324 Å². The molecule has 3 aliphatic heterocycles. The molecule has 4 aliphatic carbocycles. The van der Waals surface area contributed by atoms with E-state index in [0.717, 1.165) is 38.5 Å². The minimum absolute atomic E-state index is 0.0160. The summed E-state index contributed by atoms with van der Waals surface area (Å²) in [6, 6.07) is -0.319. The van der Waals surface area contributed by atoms with Gasteiger partial charge in [0, 0.05) is 56.5 Å². The number of ketones is 3. The number of aliphatic hydroxyl groups excluding tert-OH is 2. The van der Waals surface area contributed by atoms with E-state index in [1.165, 1.54) is 90.9 Å². The number of cyclic esters (lactones) is 1. The maximum Gasteiger partial charge on any atom is 0.397 e. The minimum Gasteiger partial charge on any atom is -0.459 e. The maximum atomic E-state index is 14.2. The highest BCUT2D eigenvalue weighted by Gasteiger charge is 2.68. The lowest BCUT2D eigenvalue weighted by molar-refractivity contribution is -0.319. The SMILES string of the molecule is CC(=O)OC1(C(C)=O)CCC2C3C=C(C)C4=CC(=O)CCC4(C)C3CCC21C.CCC(=O)OC1C(OC2C(C)C(OC3CC(C)(OC)C(O)C(C)O3)C(C)C(=O)OC(CC)C(C)(O)C(O)C(C)C(=O)C(C)CC2(C)O)OC(C)CC1N(C)C.CCCCCCCCCCCCOS(=O)(=O)O. The molecule has 3 saturated heterocycles. The van der Waals surface area contributed by atoms with Gasteiger partial charge < -0.3 is 63.2 Å². The quantitative estimate of drug-likeness (QED) is 0.0275. The first kappa shape index (κ1) is 87.0. The molecule has 0 aromatic rings. The van der Waals surface area contributed by atoms with E-state index in [0.29, 0.717) is 43.4 Å². The number of allylic oxidation sites excluding steroid dienone is 4. The number of methoxy groups -OCH3 is 1. The van der Waals surface area contributed by atoms with E-state index in [4.69, 9.17) is 42.4 Å². The molecule has 7 aliphatic rings. The largest absolute Gasteiger partial charge is 0.459 e. The second-order valence-electron chi connectivity index (χ2n) is 31.8. The number of fused-ring (bicyclic) bond motifs is 5. The third-order valence-corrected chi connectivity index (χ3v) is 24.4. The molecule has 0 spiro atoms. The highest BCUT2D eigenvalue weighted by atomic mass is 32.3. The van der Waals surface area contributed by atoms with Crippen LogP contribution in [-0.2, 0) is 81.2 Å². The Bertz CT molecular complexity index is 2910. The smallest absolute Gasteiger partial charge is 0.397 e. The van der Waals surface area contributed by atoms with Gasteiger partial charge in [0.2, 0.25) is 0 Å². The Morgan fingerprint density at radius 3 is 1.91 bits per heavy atom. The molecule has 24 unspecified atom stereocenters. The lowest BCUT2D eigenvalue weighted by atomic mass is 9.47. The Labute approximate surface area is 597 Å². The molecule has 23 nitrogen and oxygen atoms in total. The summed E-state index contributed by atoms with van der Waals surface area (Å²) in [5.41, 5.74) is -3.77. The zero-order valence-corrected chi connectivity index (χ0v) is 65.0. The van der Waals surface area contributed by atoms with Crippen LogP contribution in [-0.4, -0.2) is 191 Å². The Balaban J connectivity index is 0.000000328. The van der Waals surface area contributed by atoms with Gasteiger partial charge in [0.25, 0.3) is 0 Å². The molecule has 0 aromatic heterocycles. The number of Topliss-reactive ketones (excluding diaryl/α,β-unsaturated/α-hetero) is 2. The monoisotopic (exact) mass is 1440 g/mol.